The highest BCUT2D eigenvalue weighted by Crippen LogP contribution is 2.12. The Morgan fingerprint density at radius 1 is 1.46 bits per heavy atom. The van der Waals surface area contributed by atoms with Gasteiger partial charge in [-0.1, -0.05) is 0 Å². The van der Waals surface area contributed by atoms with Crippen molar-refractivity contribution in [1.82, 2.24) is 9.88 Å². The Hall–Kier alpha value is -1.09. The minimum atomic E-state index is 0.700. The van der Waals surface area contributed by atoms with Crippen molar-refractivity contribution in [3.05, 3.63) is 24.0 Å². The number of ether oxygens (including phenoxy) is 1. The van der Waals surface area contributed by atoms with Crippen LogP contribution in [-0.2, 0) is 0 Å². The van der Waals surface area contributed by atoms with Crippen LogP contribution in [-0.4, -0.2) is 29.7 Å². The fraction of sp³-hybridized carbons (Fsp3) is 0.500. The van der Waals surface area contributed by atoms with Crippen LogP contribution in [0.5, 0.6) is 5.75 Å². The van der Waals surface area contributed by atoms with E-state index < -0.39 is 0 Å². The van der Waals surface area contributed by atoms with Gasteiger partial charge in [-0.25, -0.2) is 0 Å². The van der Waals surface area contributed by atoms with Gasteiger partial charge in [0, 0.05) is 19.3 Å². The first-order valence-corrected chi connectivity index (χ1v) is 4.61. The van der Waals surface area contributed by atoms with Crippen LogP contribution in [0.1, 0.15) is 12.0 Å². The van der Waals surface area contributed by atoms with Crippen LogP contribution in [0.3, 0.4) is 0 Å². The number of hydrogen-bond donors (Lipinski definition) is 0. The lowest BCUT2D eigenvalue weighted by Gasteiger charge is -2.30. The summed E-state index contributed by atoms with van der Waals surface area (Å²) in [6.45, 7) is 5.05. The summed E-state index contributed by atoms with van der Waals surface area (Å²) in [5.41, 5.74) is 1.14. The second kappa shape index (κ2) is 3.75. The lowest BCUT2D eigenvalue weighted by atomic mass is 10.2. The minimum absolute atomic E-state index is 0.700. The molecule has 1 aromatic heterocycles. The molecule has 13 heavy (non-hydrogen) atoms. The van der Waals surface area contributed by atoms with E-state index in [-0.39, 0.29) is 0 Å². The Bertz CT molecular complexity index is 284. The van der Waals surface area contributed by atoms with Gasteiger partial charge in [-0.3, -0.25) is 9.88 Å². The van der Waals surface area contributed by atoms with Crippen LogP contribution < -0.4 is 4.74 Å². The molecule has 1 fully saturated rings. The molecule has 0 unspecified atom stereocenters. The highest BCUT2D eigenvalue weighted by Gasteiger charge is 2.13. The minimum Gasteiger partial charge on any atom is -0.477 e. The predicted octanol–water partition coefficient (Wildman–Crippen LogP) is 1.43. The molecule has 0 bridgehead atoms. The summed E-state index contributed by atoms with van der Waals surface area (Å²) in [5, 5.41) is 0. The molecule has 0 aliphatic carbocycles. The number of aromatic nitrogens is 1. The standard InChI is InChI=1S/C10H14N2O/c1-9-5-10(7-11-6-9)13-8-12-3-2-4-12/h5-7H,2-4,8H2,1H3. The zero-order valence-corrected chi connectivity index (χ0v) is 7.86. The zero-order valence-electron chi connectivity index (χ0n) is 7.86. The van der Waals surface area contributed by atoms with Crippen LogP contribution in [0, 0.1) is 6.92 Å². The highest BCUT2D eigenvalue weighted by atomic mass is 16.5. The summed E-state index contributed by atoms with van der Waals surface area (Å²) in [6, 6.07) is 2.01. The third-order valence-corrected chi connectivity index (χ3v) is 2.21. The summed E-state index contributed by atoms with van der Waals surface area (Å²) in [7, 11) is 0. The van der Waals surface area contributed by atoms with Crippen molar-refractivity contribution < 1.29 is 4.74 Å². The van der Waals surface area contributed by atoms with E-state index >= 15 is 0 Å². The molecule has 2 heterocycles. The first kappa shape index (κ1) is 8.51. The summed E-state index contributed by atoms with van der Waals surface area (Å²) >= 11 is 0. The second-order valence-electron chi connectivity index (χ2n) is 3.44. The van der Waals surface area contributed by atoms with Crippen molar-refractivity contribution in [3.8, 4) is 5.75 Å². The van der Waals surface area contributed by atoms with Crippen molar-refractivity contribution in [2.45, 2.75) is 13.3 Å². The van der Waals surface area contributed by atoms with E-state index in [0.717, 1.165) is 11.3 Å². The number of nitrogens with zero attached hydrogens (tertiary/aromatic N) is 2. The first-order valence-electron chi connectivity index (χ1n) is 4.61. The summed E-state index contributed by atoms with van der Waals surface area (Å²) in [4.78, 5) is 6.33. The Kier molecular flexibility index (Phi) is 2.45. The predicted molar refractivity (Wildman–Crippen MR) is 50.7 cm³/mol. The molecule has 0 amide bonds. The molecule has 0 saturated carbocycles. The molecule has 2 rings (SSSR count). The fourth-order valence-corrected chi connectivity index (χ4v) is 1.28. The van der Waals surface area contributed by atoms with Crippen LogP contribution in [0.15, 0.2) is 18.5 Å². The van der Waals surface area contributed by atoms with Gasteiger partial charge in [0.25, 0.3) is 0 Å². The molecule has 1 aromatic rings. The fourth-order valence-electron chi connectivity index (χ4n) is 1.28. The van der Waals surface area contributed by atoms with Gasteiger partial charge >= 0.3 is 0 Å². The van der Waals surface area contributed by atoms with E-state index in [0.29, 0.717) is 6.73 Å². The van der Waals surface area contributed by atoms with E-state index in [4.69, 9.17) is 4.74 Å². The molecule has 1 saturated heterocycles. The summed E-state index contributed by atoms with van der Waals surface area (Å²) in [5.74, 6) is 0.868. The van der Waals surface area contributed by atoms with Gasteiger partial charge in [0.15, 0.2) is 0 Å². The largest absolute Gasteiger partial charge is 0.477 e. The van der Waals surface area contributed by atoms with Gasteiger partial charge in [-0.2, -0.15) is 0 Å². The summed E-state index contributed by atoms with van der Waals surface area (Å²) < 4.78 is 5.55. The van der Waals surface area contributed by atoms with Gasteiger partial charge in [0.2, 0.25) is 0 Å². The average molecular weight is 178 g/mol. The maximum Gasteiger partial charge on any atom is 0.142 e. The molecule has 0 radical (unpaired) electrons. The Morgan fingerprint density at radius 3 is 2.92 bits per heavy atom. The van der Waals surface area contributed by atoms with E-state index in [1.165, 1.54) is 19.5 Å². The highest BCUT2D eigenvalue weighted by molar-refractivity contribution is 5.22. The Labute approximate surface area is 78.3 Å². The van der Waals surface area contributed by atoms with Crippen molar-refractivity contribution >= 4 is 0 Å². The molecule has 3 heteroatoms. The Balaban J connectivity index is 1.86. The van der Waals surface area contributed by atoms with Gasteiger partial charge in [0.05, 0.1) is 6.20 Å². The van der Waals surface area contributed by atoms with Gasteiger partial charge < -0.3 is 4.74 Å². The lowest BCUT2D eigenvalue weighted by molar-refractivity contribution is 0.0728. The molecule has 1 aliphatic heterocycles. The molecule has 0 atom stereocenters. The van der Waals surface area contributed by atoms with Crippen molar-refractivity contribution in [2.24, 2.45) is 0 Å². The molecule has 0 N–H and O–H groups in total. The monoisotopic (exact) mass is 178 g/mol. The van der Waals surface area contributed by atoms with Crippen LogP contribution in [0.2, 0.25) is 0 Å². The van der Waals surface area contributed by atoms with Crippen molar-refractivity contribution in [2.75, 3.05) is 19.8 Å². The molecular weight excluding hydrogens is 164 g/mol. The second-order valence-corrected chi connectivity index (χ2v) is 3.44. The third-order valence-electron chi connectivity index (χ3n) is 2.21. The number of hydrogen-bond acceptors (Lipinski definition) is 3. The molecule has 1 aliphatic rings. The molecule has 70 valence electrons. The number of likely N-dealkylation sites (tertiary alicyclic amines) is 1. The summed E-state index contributed by atoms with van der Waals surface area (Å²) in [6.07, 6.45) is 4.89. The smallest absolute Gasteiger partial charge is 0.142 e. The normalized spacial score (nSPS) is 16.7. The maximum atomic E-state index is 5.55. The van der Waals surface area contributed by atoms with Crippen molar-refractivity contribution in [3.63, 3.8) is 0 Å². The van der Waals surface area contributed by atoms with Crippen LogP contribution in [0.4, 0.5) is 0 Å². The molecule has 0 spiro atoms. The average Bonchev–Trinajstić information content (AvgIpc) is 2.01. The number of aryl methyl sites for hydroxylation is 1. The zero-order chi connectivity index (χ0) is 9.10. The number of rotatable bonds is 3. The SMILES string of the molecule is Cc1cncc(OCN2CCC2)c1. The van der Waals surface area contributed by atoms with E-state index in [1.54, 1.807) is 6.20 Å². The number of pyridine rings is 1. The topological polar surface area (TPSA) is 25.4 Å². The van der Waals surface area contributed by atoms with E-state index in [2.05, 4.69) is 9.88 Å². The van der Waals surface area contributed by atoms with E-state index in [9.17, 15) is 0 Å². The van der Waals surface area contributed by atoms with Crippen molar-refractivity contribution in [1.29, 1.82) is 0 Å². The maximum absolute atomic E-state index is 5.55. The van der Waals surface area contributed by atoms with Gasteiger partial charge in [-0.15, -0.1) is 0 Å². The molecule has 0 aromatic carbocycles. The van der Waals surface area contributed by atoms with Gasteiger partial charge in [0.1, 0.15) is 12.5 Å². The molecule has 3 nitrogen and oxygen atoms in total. The molecular formula is C10H14N2O. The third kappa shape index (κ3) is 2.18. The van der Waals surface area contributed by atoms with Crippen LogP contribution in [0.25, 0.3) is 0 Å². The Morgan fingerprint density at radius 2 is 2.31 bits per heavy atom. The quantitative estimate of drug-likeness (QED) is 0.700. The van der Waals surface area contributed by atoms with E-state index in [1.807, 2.05) is 19.2 Å². The van der Waals surface area contributed by atoms with Gasteiger partial charge in [-0.05, 0) is 25.0 Å². The first-order chi connectivity index (χ1) is 6.34. The van der Waals surface area contributed by atoms with Crippen LogP contribution >= 0.6 is 0 Å². The lowest BCUT2D eigenvalue weighted by Crippen LogP contribution is -2.39.